The number of ether oxygens (including phenoxy) is 1. The summed E-state index contributed by atoms with van der Waals surface area (Å²) < 4.78 is 5.38. The largest absolute Gasteiger partial charge is 0.394 e. The van der Waals surface area contributed by atoms with E-state index in [-0.39, 0.29) is 18.5 Å². The van der Waals surface area contributed by atoms with Crippen molar-refractivity contribution >= 4 is 16.9 Å². The zero-order valence-electron chi connectivity index (χ0n) is 9.11. The lowest BCUT2D eigenvalue weighted by atomic mass is 10.0. The van der Waals surface area contributed by atoms with Crippen LogP contribution in [0, 0.1) is 0 Å². The molecule has 1 rings (SSSR count). The molecule has 4 atom stereocenters. The molecule has 1 heterocycles. The Morgan fingerprint density at radius 3 is 2.81 bits per heavy atom. The fourth-order valence-electron chi connectivity index (χ4n) is 1.47. The molecule has 0 aliphatic carbocycles. The first-order chi connectivity index (χ1) is 7.58. The average molecular weight is 250 g/mol. The highest BCUT2D eigenvalue weighted by atomic mass is 32.2. The number of nitrogens with two attached hydrogens (primary N) is 1. The van der Waals surface area contributed by atoms with Gasteiger partial charge >= 0.3 is 0 Å². The molecule has 1 saturated heterocycles. The minimum atomic E-state index is -1.05. The molecule has 1 aliphatic heterocycles. The van der Waals surface area contributed by atoms with E-state index in [0.29, 0.717) is 11.7 Å². The van der Waals surface area contributed by atoms with Gasteiger partial charge in [-0.25, -0.2) is 0 Å². The van der Waals surface area contributed by atoms with Gasteiger partial charge in [0.1, 0.15) is 17.6 Å². The van der Waals surface area contributed by atoms with Crippen LogP contribution in [0.3, 0.4) is 0 Å². The van der Waals surface area contributed by atoms with Crippen molar-refractivity contribution in [2.24, 2.45) is 10.7 Å². The predicted molar refractivity (Wildman–Crippen MR) is 62.1 cm³/mol. The highest BCUT2D eigenvalue weighted by Crippen LogP contribution is 2.27. The predicted octanol–water partition coefficient (Wildman–Crippen LogP) is -1.12. The molecule has 16 heavy (non-hydrogen) atoms. The number of nitrogens with zero attached hydrogens (tertiary/aromatic N) is 1. The summed E-state index contributed by atoms with van der Waals surface area (Å²) in [5.41, 5.74) is 5.22. The highest BCUT2D eigenvalue weighted by molar-refractivity contribution is 8.14. The smallest absolute Gasteiger partial charge is 0.156 e. The second kappa shape index (κ2) is 6.41. The standard InChI is InChI=1S/C9H18N2O4S/c1-2-11-9(10)16-7-3-5(13)8(14)6(4-12)15-7/h5-8,12-14H,2-4H2,1H3,(H2,10,11)/t5?,6?,7-,8+/m1/s1. The van der Waals surface area contributed by atoms with Gasteiger partial charge in [0.25, 0.3) is 0 Å². The Morgan fingerprint density at radius 1 is 1.56 bits per heavy atom. The number of hydrogen-bond acceptors (Lipinski definition) is 6. The van der Waals surface area contributed by atoms with Crippen LogP contribution >= 0.6 is 11.8 Å². The summed E-state index contributed by atoms with van der Waals surface area (Å²) in [5, 5.41) is 28.4. The Labute approximate surface area is 98.5 Å². The minimum absolute atomic E-state index is 0.266. The van der Waals surface area contributed by atoms with Gasteiger partial charge in [-0.15, -0.1) is 0 Å². The molecule has 0 radical (unpaired) electrons. The van der Waals surface area contributed by atoms with Crippen LogP contribution in [0.25, 0.3) is 0 Å². The summed E-state index contributed by atoms with van der Waals surface area (Å²) in [6.07, 6.45) is -2.46. The Kier molecular flexibility index (Phi) is 5.50. The zero-order chi connectivity index (χ0) is 12.1. The van der Waals surface area contributed by atoms with Gasteiger partial charge < -0.3 is 25.8 Å². The molecule has 0 bridgehead atoms. The first-order valence-corrected chi connectivity index (χ1v) is 6.05. The molecule has 0 aromatic carbocycles. The van der Waals surface area contributed by atoms with Crippen molar-refractivity contribution in [3.05, 3.63) is 0 Å². The third kappa shape index (κ3) is 3.60. The second-order valence-corrected chi connectivity index (χ2v) is 4.69. The van der Waals surface area contributed by atoms with Crippen LogP contribution in [0.2, 0.25) is 0 Å². The van der Waals surface area contributed by atoms with Crippen LogP contribution in [0.15, 0.2) is 4.99 Å². The van der Waals surface area contributed by atoms with Crippen LogP contribution < -0.4 is 5.73 Å². The van der Waals surface area contributed by atoms with Crippen LogP contribution in [0.1, 0.15) is 13.3 Å². The molecule has 7 heteroatoms. The fraction of sp³-hybridized carbons (Fsp3) is 0.889. The van der Waals surface area contributed by atoms with E-state index in [0.717, 1.165) is 0 Å². The molecule has 1 fully saturated rings. The van der Waals surface area contributed by atoms with E-state index in [2.05, 4.69) is 4.99 Å². The average Bonchev–Trinajstić information content (AvgIpc) is 2.23. The number of thioether (sulfide) groups is 1. The number of amidine groups is 1. The van der Waals surface area contributed by atoms with Crippen molar-refractivity contribution in [1.82, 2.24) is 0 Å². The van der Waals surface area contributed by atoms with E-state index in [9.17, 15) is 10.2 Å². The molecule has 2 unspecified atom stereocenters. The molecule has 94 valence electrons. The SMILES string of the molecule is CCN=C(N)S[C@@H]1CC(O)[C@H](O)C(CO)O1. The van der Waals surface area contributed by atoms with Gasteiger partial charge in [-0.05, 0) is 6.92 Å². The monoisotopic (exact) mass is 250 g/mol. The molecule has 0 aromatic rings. The van der Waals surface area contributed by atoms with Crippen molar-refractivity contribution in [3.8, 4) is 0 Å². The quantitative estimate of drug-likeness (QED) is 0.373. The molecule has 1 aliphatic rings. The first-order valence-electron chi connectivity index (χ1n) is 5.17. The van der Waals surface area contributed by atoms with Gasteiger partial charge in [-0.3, -0.25) is 4.99 Å². The first kappa shape index (κ1) is 13.7. The van der Waals surface area contributed by atoms with Gasteiger partial charge in [0.05, 0.1) is 12.7 Å². The lowest BCUT2D eigenvalue weighted by molar-refractivity contribution is -0.156. The molecule has 0 spiro atoms. The lowest BCUT2D eigenvalue weighted by Gasteiger charge is -2.35. The van der Waals surface area contributed by atoms with Crippen molar-refractivity contribution in [1.29, 1.82) is 0 Å². The highest BCUT2D eigenvalue weighted by Gasteiger charge is 2.36. The molecule has 0 aromatic heterocycles. The molecular weight excluding hydrogens is 232 g/mol. The summed E-state index contributed by atoms with van der Waals surface area (Å²) >= 11 is 1.19. The third-order valence-corrected chi connectivity index (χ3v) is 3.22. The molecule has 6 nitrogen and oxygen atoms in total. The van der Waals surface area contributed by atoms with E-state index in [1.807, 2.05) is 6.92 Å². The van der Waals surface area contributed by atoms with Crippen molar-refractivity contribution < 1.29 is 20.1 Å². The van der Waals surface area contributed by atoms with Gasteiger partial charge in [-0.2, -0.15) is 0 Å². The van der Waals surface area contributed by atoms with Crippen molar-refractivity contribution in [2.45, 2.75) is 37.1 Å². The van der Waals surface area contributed by atoms with Crippen LogP contribution in [0.4, 0.5) is 0 Å². The van der Waals surface area contributed by atoms with Crippen molar-refractivity contribution in [3.63, 3.8) is 0 Å². The number of aliphatic hydroxyl groups excluding tert-OH is 3. The summed E-state index contributed by atoms with van der Waals surface area (Å²) in [4.78, 5) is 3.98. The Bertz CT molecular complexity index is 252. The van der Waals surface area contributed by atoms with Gasteiger partial charge in [-0.1, -0.05) is 11.8 Å². The molecule has 5 N–H and O–H groups in total. The summed E-state index contributed by atoms with van der Waals surface area (Å²) in [5.74, 6) is 0. The van der Waals surface area contributed by atoms with Gasteiger partial charge in [0.15, 0.2) is 5.17 Å². The maximum Gasteiger partial charge on any atom is 0.156 e. The third-order valence-electron chi connectivity index (χ3n) is 2.28. The molecule has 0 saturated carbocycles. The number of aliphatic hydroxyl groups is 3. The zero-order valence-corrected chi connectivity index (χ0v) is 9.93. The van der Waals surface area contributed by atoms with Gasteiger partial charge in [0.2, 0.25) is 0 Å². The fourth-order valence-corrected chi connectivity index (χ4v) is 2.43. The van der Waals surface area contributed by atoms with Crippen LogP contribution in [-0.4, -0.2) is 57.4 Å². The number of hydrogen-bond donors (Lipinski definition) is 4. The molecule has 0 amide bonds. The minimum Gasteiger partial charge on any atom is -0.394 e. The van der Waals surface area contributed by atoms with E-state index >= 15 is 0 Å². The Morgan fingerprint density at radius 2 is 2.25 bits per heavy atom. The maximum atomic E-state index is 9.56. The number of rotatable bonds is 3. The summed E-state index contributed by atoms with van der Waals surface area (Å²) in [7, 11) is 0. The maximum absolute atomic E-state index is 9.56. The van der Waals surface area contributed by atoms with E-state index in [1.54, 1.807) is 0 Å². The Hall–Kier alpha value is -0.340. The summed E-state index contributed by atoms with van der Waals surface area (Å²) in [6, 6.07) is 0. The van der Waals surface area contributed by atoms with Crippen LogP contribution in [0.5, 0.6) is 0 Å². The van der Waals surface area contributed by atoms with Crippen LogP contribution in [-0.2, 0) is 4.74 Å². The summed E-state index contributed by atoms with van der Waals surface area (Å²) in [6.45, 7) is 2.12. The normalized spacial score (nSPS) is 36.4. The van der Waals surface area contributed by atoms with Crippen molar-refractivity contribution in [2.75, 3.05) is 13.2 Å². The molecular formula is C9H18N2O4S. The van der Waals surface area contributed by atoms with Gasteiger partial charge in [0, 0.05) is 13.0 Å². The topological polar surface area (TPSA) is 108 Å². The number of aliphatic imine (C=N–C) groups is 1. The second-order valence-electron chi connectivity index (χ2n) is 3.51. The van der Waals surface area contributed by atoms with E-state index in [4.69, 9.17) is 15.6 Å². The van der Waals surface area contributed by atoms with E-state index in [1.165, 1.54) is 11.8 Å². The lowest BCUT2D eigenvalue weighted by Crippen LogP contribution is -2.49. The Balaban J connectivity index is 2.53. The van der Waals surface area contributed by atoms with E-state index < -0.39 is 18.3 Å².